The lowest BCUT2D eigenvalue weighted by Gasteiger charge is -2.17. The van der Waals surface area contributed by atoms with Crippen LogP contribution in [-0.2, 0) is 11.2 Å². The summed E-state index contributed by atoms with van der Waals surface area (Å²) in [5.41, 5.74) is 0.0256. The van der Waals surface area contributed by atoms with Crippen LogP contribution in [0.3, 0.4) is 0 Å². The first-order valence-electron chi connectivity index (χ1n) is 9.59. The SMILES string of the molecule is CSc1nccc(-c2cccnc2Oc2cc(F)c(NS(=O)N3CCCC3)c(F)c2F)n1. The molecule has 1 aliphatic heterocycles. The van der Waals surface area contributed by atoms with E-state index in [0.717, 1.165) is 12.8 Å². The number of thioether (sulfide) groups is 1. The lowest BCUT2D eigenvalue weighted by molar-refractivity contribution is 0.401. The van der Waals surface area contributed by atoms with E-state index in [4.69, 9.17) is 4.74 Å². The standard InChI is InChI=1S/C20H18F3N5O2S2/c1-31-20-25-8-6-14(26-20)12-5-4-7-24-19(12)30-15-11-13(21)18(17(23)16(15)22)27-32(29)28-9-2-3-10-28/h4-8,11,27H,2-3,9-10H2,1H3. The molecule has 1 fully saturated rings. The number of nitrogens with one attached hydrogen (secondary N) is 1. The molecule has 32 heavy (non-hydrogen) atoms. The van der Waals surface area contributed by atoms with Crippen LogP contribution >= 0.6 is 11.8 Å². The fourth-order valence-electron chi connectivity index (χ4n) is 3.11. The average Bonchev–Trinajstić information content (AvgIpc) is 3.36. The van der Waals surface area contributed by atoms with Gasteiger partial charge in [-0.15, -0.1) is 0 Å². The minimum atomic E-state index is -1.88. The third kappa shape index (κ3) is 4.71. The van der Waals surface area contributed by atoms with Crippen LogP contribution in [0.5, 0.6) is 11.6 Å². The van der Waals surface area contributed by atoms with Crippen molar-refractivity contribution in [2.45, 2.75) is 18.0 Å². The van der Waals surface area contributed by atoms with Gasteiger partial charge < -0.3 is 4.74 Å². The Morgan fingerprint density at radius 2 is 1.91 bits per heavy atom. The second-order valence-electron chi connectivity index (χ2n) is 6.73. The topological polar surface area (TPSA) is 80.2 Å². The molecule has 0 saturated carbocycles. The lowest BCUT2D eigenvalue weighted by Crippen LogP contribution is -2.28. The van der Waals surface area contributed by atoms with E-state index < -0.39 is 40.1 Å². The molecule has 2 aromatic heterocycles. The Balaban J connectivity index is 1.64. The normalized spacial score (nSPS) is 15.0. The molecule has 0 spiro atoms. The van der Waals surface area contributed by atoms with Crippen molar-refractivity contribution in [3.63, 3.8) is 0 Å². The van der Waals surface area contributed by atoms with Gasteiger partial charge in [0.1, 0.15) is 5.69 Å². The molecule has 1 aromatic carbocycles. The predicted octanol–water partition coefficient (Wildman–Crippen LogP) is 4.56. The number of rotatable bonds is 7. The van der Waals surface area contributed by atoms with Crippen molar-refractivity contribution in [1.82, 2.24) is 19.3 Å². The summed E-state index contributed by atoms with van der Waals surface area (Å²) in [5, 5.41) is 0.502. The smallest absolute Gasteiger partial charge is 0.228 e. The Labute approximate surface area is 189 Å². The van der Waals surface area contributed by atoms with Crippen LogP contribution in [-0.4, -0.2) is 42.8 Å². The van der Waals surface area contributed by atoms with Crippen molar-refractivity contribution in [1.29, 1.82) is 0 Å². The fourth-order valence-corrected chi connectivity index (χ4v) is 4.54. The van der Waals surface area contributed by atoms with Crippen molar-refractivity contribution < 1.29 is 22.1 Å². The Hall–Kier alpha value is -2.70. The van der Waals surface area contributed by atoms with Gasteiger partial charge in [-0.25, -0.2) is 32.2 Å². The van der Waals surface area contributed by atoms with Crippen LogP contribution in [0, 0.1) is 17.5 Å². The first-order chi connectivity index (χ1) is 15.5. The summed E-state index contributed by atoms with van der Waals surface area (Å²) in [7, 11) is 0. The summed E-state index contributed by atoms with van der Waals surface area (Å²) in [6.07, 6.45) is 6.42. The Morgan fingerprint density at radius 3 is 2.66 bits per heavy atom. The summed E-state index contributed by atoms with van der Waals surface area (Å²) in [5.74, 6) is -4.89. The summed E-state index contributed by atoms with van der Waals surface area (Å²) in [4.78, 5) is 12.5. The van der Waals surface area contributed by atoms with Crippen molar-refractivity contribution in [3.8, 4) is 22.9 Å². The number of halogens is 3. The van der Waals surface area contributed by atoms with Gasteiger partial charge in [-0.2, -0.15) is 4.39 Å². The molecule has 0 radical (unpaired) electrons. The molecule has 3 heterocycles. The molecule has 1 atom stereocenters. The van der Waals surface area contributed by atoms with Crippen molar-refractivity contribution >= 4 is 28.6 Å². The van der Waals surface area contributed by atoms with Crippen LogP contribution in [0.2, 0.25) is 0 Å². The Morgan fingerprint density at radius 1 is 1.12 bits per heavy atom. The van der Waals surface area contributed by atoms with Gasteiger partial charge in [0.25, 0.3) is 0 Å². The van der Waals surface area contributed by atoms with Crippen LogP contribution in [0.25, 0.3) is 11.3 Å². The quantitative estimate of drug-likeness (QED) is 0.303. The third-order valence-corrected chi connectivity index (χ3v) is 6.46. The summed E-state index contributed by atoms with van der Waals surface area (Å²) >= 11 is -0.553. The van der Waals surface area contributed by atoms with E-state index in [-0.39, 0.29) is 5.88 Å². The molecule has 0 bridgehead atoms. The maximum absolute atomic E-state index is 14.7. The number of hydrogen-bond acceptors (Lipinski definition) is 6. The summed E-state index contributed by atoms with van der Waals surface area (Å²) in [6, 6.07) is 5.56. The molecule has 7 nitrogen and oxygen atoms in total. The van der Waals surface area contributed by atoms with Gasteiger partial charge >= 0.3 is 0 Å². The predicted molar refractivity (Wildman–Crippen MR) is 116 cm³/mol. The molecular weight excluding hydrogens is 463 g/mol. The summed E-state index contributed by atoms with van der Waals surface area (Å²) < 4.78 is 65.4. The zero-order valence-electron chi connectivity index (χ0n) is 16.8. The molecule has 0 amide bonds. The molecule has 1 unspecified atom stereocenters. The fraction of sp³-hybridized carbons (Fsp3) is 0.250. The van der Waals surface area contributed by atoms with Crippen LogP contribution in [0.4, 0.5) is 18.9 Å². The van der Waals surface area contributed by atoms with Gasteiger partial charge in [-0.1, -0.05) is 11.8 Å². The van der Waals surface area contributed by atoms with Crippen molar-refractivity contribution in [3.05, 3.63) is 54.1 Å². The van der Waals surface area contributed by atoms with Crippen LogP contribution < -0.4 is 9.46 Å². The van der Waals surface area contributed by atoms with Crippen LogP contribution in [0.1, 0.15) is 12.8 Å². The highest BCUT2D eigenvalue weighted by Crippen LogP contribution is 2.35. The highest BCUT2D eigenvalue weighted by atomic mass is 32.2. The number of hydrogen-bond donors (Lipinski definition) is 1. The van der Waals surface area contributed by atoms with E-state index in [0.29, 0.717) is 35.6 Å². The molecule has 3 aromatic rings. The maximum Gasteiger partial charge on any atom is 0.228 e. The number of pyridine rings is 1. The summed E-state index contributed by atoms with van der Waals surface area (Å²) in [6.45, 7) is 1.05. The second-order valence-corrected chi connectivity index (χ2v) is 8.73. The zero-order chi connectivity index (χ0) is 22.7. The minimum absolute atomic E-state index is 0.0858. The number of aromatic nitrogens is 3. The molecule has 1 saturated heterocycles. The van der Waals surface area contributed by atoms with Crippen molar-refractivity contribution in [2.75, 3.05) is 24.1 Å². The van der Waals surface area contributed by atoms with E-state index in [1.165, 1.54) is 22.3 Å². The monoisotopic (exact) mass is 481 g/mol. The molecule has 4 rings (SSSR count). The Kier molecular flexibility index (Phi) is 6.92. The van der Waals surface area contributed by atoms with E-state index >= 15 is 0 Å². The van der Waals surface area contributed by atoms with E-state index in [1.54, 1.807) is 24.4 Å². The molecular formula is C20H18F3N5O2S2. The number of nitrogens with zero attached hydrogens (tertiary/aromatic N) is 4. The van der Waals surface area contributed by atoms with Gasteiger partial charge in [0, 0.05) is 31.5 Å². The molecule has 0 aliphatic carbocycles. The largest absolute Gasteiger partial charge is 0.435 e. The van der Waals surface area contributed by atoms with Crippen molar-refractivity contribution in [2.24, 2.45) is 0 Å². The molecule has 1 aliphatic rings. The first kappa shape index (κ1) is 22.5. The van der Waals surface area contributed by atoms with Gasteiger partial charge in [-0.3, -0.25) is 4.72 Å². The van der Waals surface area contributed by atoms with Gasteiger partial charge in [0.2, 0.25) is 11.7 Å². The van der Waals surface area contributed by atoms with Gasteiger partial charge in [0.15, 0.2) is 33.7 Å². The lowest BCUT2D eigenvalue weighted by atomic mass is 10.2. The van der Waals surface area contributed by atoms with Gasteiger partial charge in [0.05, 0.1) is 11.3 Å². The third-order valence-electron chi connectivity index (χ3n) is 4.68. The highest BCUT2D eigenvalue weighted by Gasteiger charge is 2.25. The number of benzene rings is 1. The van der Waals surface area contributed by atoms with E-state index in [2.05, 4.69) is 19.7 Å². The average molecular weight is 482 g/mol. The molecule has 168 valence electrons. The van der Waals surface area contributed by atoms with Crippen LogP contribution in [0.15, 0.2) is 41.8 Å². The van der Waals surface area contributed by atoms with Gasteiger partial charge in [-0.05, 0) is 37.3 Å². The maximum atomic E-state index is 14.7. The second kappa shape index (κ2) is 9.84. The zero-order valence-corrected chi connectivity index (χ0v) is 18.5. The number of ether oxygens (including phenoxy) is 1. The minimum Gasteiger partial charge on any atom is -0.435 e. The Bertz CT molecular complexity index is 1160. The first-order valence-corrected chi connectivity index (χ1v) is 11.9. The molecule has 1 N–H and O–H groups in total. The highest BCUT2D eigenvalue weighted by molar-refractivity contribution is 7.98. The number of anilines is 1. The van der Waals surface area contributed by atoms with E-state index in [1.807, 2.05) is 6.26 Å². The van der Waals surface area contributed by atoms with E-state index in [9.17, 15) is 17.4 Å². The molecule has 12 heteroatoms.